The number of alkyl halides is 3. The number of benzene rings is 1. The molecule has 28 heavy (non-hydrogen) atoms. The zero-order valence-electron chi connectivity index (χ0n) is 14.7. The second kappa shape index (κ2) is 6.53. The van der Waals surface area contributed by atoms with E-state index in [4.69, 9.17) is 0 Å². The van der Waals surface area contributed by atoms with Crippen LogP contribution in [-0.2, 0) is 12.6 Å². The van der Waals surface area contributed by atoms with Crippen LogP contribution in [0.3, 0.4) is 0 Å². The molecule has 140 valence electrons. The van der Waals surface area contributed by atoms with Crippen LogP contribution in [0.15, 0.2) is 48.9 Å². The number of rotatable bonds is 3. The van der Waals surface area contributed by atoms with Gasteiger partial charge in [0.2, 0.25) is 0 Å². The molecular formula is C20H14F3N5. The van der Waals surface area contributed by atoms with Crippen LogP contribution in [0, 0.1) is 11.3 Å². The molecule has 0 saturated carbocycles. The Balaban J connectivity index is 1.93. The van der Waals surface area contributed by atoms with Gasteiger partial charge in [-0.3, -0.25) is 0 Å². The van der Waals surface area contributed by atoms with Crippen LogP contribution in [0.5, 0.6) is 0 Å². The Labute approximate surface area is 158 Å². The lowest BCUT2D eigenvalue weighted by molar-refractivity contribution is -0.137. The van der Waals surface area contributed by atoms with Crippen molar-refractivity contribution in [3.8, 4) is 28.7 Å². The zero-order valence-corrected chi connectivity index (χ0v) is 14.7. The lowest BCUT2D eigenvalue weighted by Crippen LogP contribution is -2.06. The maximum atomic E-state index is 13.2. The highest BCUT2D eigenvalue weighted by Crippen LogP contribution is 2.36. The van der Waals surface area contributed by atoms with Gasteiger partial charge in [-0.2, -0.15) is 23.5 Å². The molecule has 0 amide bonds. The maximum absolute atomic E-state index is 13.2. The number of halogens is 3. The maximum Gasteiger partial charge on any atom is 0.416 e. The van der Waals surface area contributed by atoms with E-state index in [0.29, 0.717) is 34.6 Å². The van der Waals surface area contributed by atoms with Gasteiger partial charge in [0.25, 0.3) is 0 Å². The number of aromatic amines is 1. The monoisotopic (exact) mass is 381 g/mol. The van der Waals surface area contributed by atoms with Crippen LogP contribution in [-0.4, -0.2) is 19.6 Å². The van der Waals surface area contributed by atoms with Crippen LogP contribution in [0.1, 0.15) is 23.6 Å². The molecule has 0 fully saturated rings. The highest BCUT2D eigenvalue weighted by molar-refractivity contribution is 5.81. The molecule has 4 aromatic rings. The van der Waals surface area contributed by atoms with Crippen molar-refractivity contribution in [1.82, 2.24) is 19.6 Å². The minimum Gasteiger partial charge on any atom is -0.352 e. The molecule has 1 aromatic carbocycles. The third-order valence-electron chi connectivity index (χ3n) is 4.61. The van der Waals surface area contributed by atoms with Gasteiger partial charge in [0.05, 0.1) is 28.0 Å². The van der Waals surface area contributed by atoms with Crippen molar-refractivity contribution in [1.29, 1.82) is 5.26 Å². The van der Waals surface area contributed by atoms with E-state index in [1.54, 1.807) is 16.8 Å². The number of H-pyrrole nitrogens is 1. The summed E-state index contributed by atoms with van der Waals surface area (Å²) in [5.41, 5.74) is 2.75. The van der Waals surface area contributed by atoms with Gasteiger partial charge in [-0.25, -0.2) is 9.50 Å². The van der Waals surface area contributed by atoms with Gasteiger partial charge < -0.3 is 4.98 Å². The molecule has 1 N–H and O–H groups in total. The van der Waals surface area contributed by atoms with Gasteiger partial charge >= 0.3 is 6.18 Å². The summed E-state index contributed by atoms with van der Waals surface area (Å²) in [6.07, 6.45) is -0.786. The van der Waals surface area contributed by atoms with Crippen LogP contribution in [0.4, 0.5) is 13.2 Å². The third kappa shape index (κ3) is 2.91. The first-order valence-corrected chi connectivity index (χ1v) is 8.54. The standard InChI is InChI=1S/C20H14F3N5/c1-2-12-5-6-14(20(21,22)23)9-15(12)18-13(10-24)8-16(27-18)19-17-4-3-7-28(17)26-11-25-19/h3-9,11,27H,2H2,1H3. The highest BCUT2D eigenvalue weighted by atomic mass is 19.4. The Hall–Kier alpha value is -3.60. The average molecular weight is 381 g/mol. The summed E-state index contributed by atoms with van der Waals surface area (Å²) in [6, 6.07) is 10.9. The number of hydrogen-bond acceptors (Lipinski definition) is 3. The Bertz CT molecular complexity index is 1210. The van der Waals surface area contributed by atoms with Gasteiger partial charge in [-0.05, 0) is 42.3 Å². The van der Waals surface area contributed by atoms with E-state index >= 15 is 0 Å². The van der Waals surface area contributed by atoms with E-state index in [1.165, 1.54) is 12.4 Å². The minimum absolute atomic E-state index is 0.257. The van der Waals surface area contributed by atoms with E-state index in [1.807, 2.05) is 19.1 Å². The van der Waals surface area contributed by atoms with E-state index in [9.17, 15) is 18.4 Å². The summed E-state index contributed by atoms with van der Waals surface area (Å²) in [5, 5.41) is 13.7. The van der Waals surface area contributed by atoms with Crippen molar-refractivity contribution in [3.63, 3.8) is 0 Å². The molecule has 4 rings (SSSR count). The van der Waals surface area contributed by atoms with Gasteiger partial charge in [-0.15, -0.1) is 0 Å². The second-order valence-corrected chi connectivity index (χ2v) is 6.25. The Morgan fingerprint density at radius 1 is 1.21 bits per heavy atom. The predicted molar refractivity (Wildman–Crippen MR) is 97.3 cm³/mol. The smallest absolute Gasteiger partial charge is 0.352 e. The van der Waals surface area contributed by atoms with Crippen LogP contribution < -0.4 is 0 Å². The predicted octanol–water partition coefficient (Wildman–Crippen LogP) is 4.84. The Morgan fingerprint density at radius 3 is 2.75 bits per heavy atom. The van der Waals surface area contributed by atoms with E-state index in [2.05, 4.69) is 21.1 Å². The summed E-state index contributed by atoms with van der Waals surface area (Å²) in [5.74, 6) is 0. The number of hydrogen-bond donors (Lipinski definition) is 1. The molecule has 3 aromatic heterocycles. The van der Waals surface area contributed by atoms with E-state index in [-0.39, 0.29) is 5.56 Å². The van der Waals surface area contributed by atoms with Crippen LogP contribution >= 0.6 is 0 Å². The largest absolute Gasteiger partial charge is 0.416 e. The molecular weight excluding hydrogens is 367 g/mol. The van der Waals surface area contributed by atoms with Crippen molar-refractivity contribution in [2.24, 2.45) is 0 Å². The van der Waals surface area contributed by atoms with Crippen molar-refractivity contribution >= 4 is 5.52 Å². The average Bonchev–Trinajstić information content (AvgIpc) is 3.33. The minimum atomic E-state index is -4.46. The second-order valence-electron chi connectivity index (χ2n) is 6.25. The van der Waals surface area contributed by atoms with Crippen molar-refractivity contribution in [2.45, 2.75) is 19.5 Å². The number of fused-ring (bicyclic) bond motifs is 1. The summed E-state index contributed by atoms with van der Waals surface area (Å²) >= 11 is 0. The molecule has 8 heteroatoms. The molecule has 0 unspecified atom stereocenters. The number of aryl methyl sites for hydroxylation is 1. The fraction of sp³-hybridized carbons (Fsp3) is 0.150. The van der Waals surface area contributed by atoms with Gasteiger partial charge in [0.15, 0.2) is 0 Å². The molecule has 0 radical (unpaired) electrons. The molecule has 5 nitrogen and oxygen atoms in total. The van der Waals surface area contributed by atoms with E-state index < -0.39 is 11.7 Å². The Morgan fingerprint density at radius 2 is 2.04 bits per heavy atom. The van der Waals surface area contributed by atoms with Crippen molar-refractivity contribution < 1.29 is 13.2 Å². The van der Waals surface area contributed by atoms with Gasteiger partial charge in [0, 0.05) is 11.8 Å². The highest BCUT2D eigenvalue weighted by Gasteiger charge is 2.31. The number of nitriles is 1. The first-order chi connectivity index (χ1) is 13.4. The number of nitrogens with one attached hydrogen (secondary N) is 1. The lowest BCUT2D eigenvalue weighted by atomic mass is 9.97. The molecule has 0 atom stereocenters. The first kappa shape index (κ1) is 17.8. The van der Waals surface area contributed by atoms with Crippen LogP contribution in [0.2, 0.25) is 0 Å². The summed E-state index contributed by atoms with van der Waals surface area (Å²) < 4.78 is 41.3. The normalized spacial score (nSPS) is 11.7. The summed E-state index contributed by atoms with van der Waals surface area (Å²) in [7, 11) is 0. The van der Waals surface area contributed by atoms with E-state index in [0.717, 1.165) is 17.6 Å². The molecule has 0 bridgehead atoms. The van der Waals surface area contributed by atoms with Gasteiger partial charge in [0.1, 0.15) is 18.1 Å². The molecule has 0 aliphatic carbocycles. The van der Waals surface area contributed by atoms with Gasteiger partial charge in [-0.1, -0.05) is 13.0 Å². The number of nitrogens with zero attached hydrogens (tertiary/aromatic N) is 4. The fourth-order valence-electron chi connectivity index (χ4n) is 3.25. The third-order valence-corrected chi connectivity index (χ3v) is 4.61. The quantitative estimate of drug-likeness (QED) is 0.552. The van der Waals surface area contributed by atoms with Crippen LogP contribution in [0.25, 0.3) is 28.2 Å². The molecule has 0 saturated heterocycles. The Kier molecular flexibility index (Phi) is 4.15. The molecule has 0 spiro atoms. The lowest BCUT2D eigenvalue weighted by Gasteiger charge is -2.12. The fourth-order valence-corrected chi connectivity index (χ4v) is 3.25. The molecule has 0 aliphatic heterocycles. The first-order valence-electron chi connectivity index (χ1n) is 8.54. The summed E-state index contributed by atoms with van der Waals surface area (Å²) in [4.78, 5) is 7.39. The van der Waals surface area contributed by atoms with Crippen molar-refractivity contribution in [3.05, 3.63) is 65.6 Å². The zero-order chi connectivity index (χ0) is 19.9. The topological polar surface area (TPSA) is 69.8 Å². The summed E-state index contributed by atoms with van der Waals surface area (Å²) in [6.45, 7) is 1.86. The molecule has 0 aliphatic rings. The SMILES string of the molecule is CCc1ccc(C(F)(F)F)cc1-c1[nH]c(-c2ncnn3cccc23)cc1C#N. The molecule has 3 heterocycles. The van der Waals surface area contributed by atoms with Crippen molar-refractivity contribution in [2.75, 3.05) is 0 Å². The number of aromatic nitrogens is 4.